The van der Waals surface area contributed by atoms with E-state index in [1.54, 1.807) is 6.07 Å². The number of hydrogen-bond acceptors (Lipinski definition) is 3. The van der Waals surface area contributed by atoms with Gasteiger partial charge in [-0.15, -0.1) is 0 Å². The second kappa shape index (κ2) is 6.34. The molecule has 0 unspecified atom stereocenters. The molecule has 0 aliphatic carbocycles. The first kappa shape index (κ1) is 17.2. The highest BCUT2D eigenvalue weighted by molar-refractivity contribution is 5.47. The lowest BCUT2D eigenvalue weighted by Gasteiger charge is -2.13. The molecule has 0 amide bonds. The lowest BCUT2D eigenvalue weighted by Crippen LogP contribution is -2.09. The minimum atomic E-state index is -4.74. The molecule has 1 aromatic carbocycles. The van der Waals surface area contributed by atoms with Crippen LogP contribution in [-0.2, 0) is 19.0 Å². The third-order valence-electron chi connectivity index (χ3n) is 3.90. The van der Waals surface area contributed by atoms with Crippen molar-refractivity contribution in [2.45, 2.75) is 32.4 Å². The molecule has 1 N–H and O–H groups in total. The van der Waals surface area contributed by atoms with E-state index in [4.69, 9.17) is 0 Å². The summed E-state index contributed by atoms with van der Waals surface area (Å²) in [7, 11) is 0. The molecule has 0 fully saturated rings. The Balaban J connectivity index is 2.04. The Morgan fingerprint density at radius 3 is 2.60 bits per heavy atom. The molecular weight excluding hydrogens is 338 g/mol. The quantitative estimate of drug-likeness (QED) is 0.718. The number of halogens is 4. The van der Waals surface area contributed by atoms with Crippen molar-refractivity contribution in [3.8, 4) is 5.88 Å². The average molecular weight is 353 g/mol. The van der Waals surface area contributed by atoms with Gasteiger partial charge in [-0.05, 0) is 24.1 Å². The van der Waals surface area contributed by atoms with Gasteiger partial charge < -0.3 is 5.11 Å². The molecule has 8 heteroatoms. The number of nitrogens with zero attached hydrogens (tertiary/aromatic N) is 3. The molecule has 2 heterocycles. The van der Waals surface area contributed by atoms with Gasteiger partial charge in [0.1, 0.15) is 5.82 Å². The fourth-order valence-corrected chi connectivity index (χ4v) is 2.73. The first-order valence-corrected chi connectivity index (χ1v) is 7.71. The average Bonchev–Trinajstić information content (AvgIpc) is 2.99. The van der Waals surface area contributed by atoms with E-state index < -0.39 is 17.6 Å². The zero-order chi connectivity index (χ0) is 18.2. The van der Waals surface area contributed by atoms with Crippen molar-refractivity contribution in [1.29, 1.82) is 0 Å². The molecule has 4 nitrogen and oxygen atoms in total. The minimum Gasteiger partial charge on any atom is -0.493 e. The lowest BCUT2D eigenvalue weighted by atomic mass is 10.0. The molecule has 0 atom stereocenters. The van der Waals surface area contributed by atoms with Crippen molar-refractivity contribution in [2.75, 3.05) is 0 Å². The number of benzene rings is 1. The number of hydrogen-bond donors (Lipinski definition) is 1. The van der Waals surface area contributed by atoms with E-state index in [-0.39, 0.29) is 12.3 Å². The van der Waals surface area contributed by atoms with E-state index in [0.29, 0.717) is 35.0 Å². The maximum Gasteiger partial charge on any atom is 0.419 e. The van der Waals surface area contributed by atoms with Crippen LogP contribution >= 0.6 is 0 Å². The maximum absolute atomic E-state index is 13.8. The summed E-state index contributed by atoms with van der Waals surface area (Å²) in [6.45, 7) is 1.95. The summed E-state index contributed by atoms with van der Waals surface area (Å²) in [5, 5.41) is 14.4. The van der Waals surface area contributed by atoms with Crippen LogP contribution < -0.4 is 0 Å². The molecule has 0 saturated carbocycles. The van der Waals surface area contributed by atoms with E-state index >= 15 is 0 Å². The highest BCUT2D eigenvalue weighted by atomic mass is 19.4. The summed E-state index contributed by atoms with van der Waals surface area (Å²) in [6.07, 6.45) is -1.86. The van der Waals surface area contributed by atoms with Crippen LogP contribution in [0.1, 0.15) is 35.7 Å². The molecule has 0 aliphatic rings. The number of aromatic nitrogens is 3. The Bertz CT molecular complexity index is 918. The normalized spacial score (nSPS) is 12.0. The van der Waals surface area contributed by atoms with E-state index in [2.05, 4.69) is 10.1 Å². The molecule has 2 aromatic heterocycles. The molecule has 132 valence electrons. The Hall–Kier alpha value is -2.64. The van der Waals surface area contributed by atoms with Crippen molar-refractivity contribution < 1.29 is 22.7 Å². The minimum absolute atomic E-state index is 0.0546. The third-order valence-corrected chi connectivity index (χ3v) is 3.90. The highest BCUT2D eigenvalue weighted by Crippen LogP contribution is 2.32. The lowest BCUT2D eigenvalue weighted by molar-refractivity contribution is -0.140. The molecule has 0 spiro atoms. The monoisotopic (exact) mass is 353 g/mol. The van der Waals surface area contributed by atoms with Gasteiger partial charge in [0.25, 0.3) is 0 Å². The first-order valence-electron chi connectivity index (χ1n) is 7.71. The van der Waals surface area contributed by atoms with Gasteiger partial charge >= 0.3 is 6.18 Å². The summed E-state index contributed by atoms with van der Waals surface area (Å²) in [4.78, 5) is 4.43. The highest BCUT2D eigenvalue weighted by Gasteiger charge is 2.34. The Morgan fingerprint density at radius 1 is 1.20 bits per heavy atom. The first-order chi connectivity index (χ1) is 11.8. The van der Waals surface area contributed by atoms with Gasteiger partial charge in [0.15, 0.2) is 5.65 Å². The molecule has 0 aliphatic heterocycles. The van der Waals surface area contributed by atoms with E-state index in [1.165, 1.54) is 16.8 Å². The van der Waals surface area contributed by atoms with Crippen molar-refractivity contribution >= 4 is 5.65 Å². The fourth-order valence-electron chi connectivity index (χ4n) is 2.73. The SMILES string of the molecule is CCCc1nc2ccnn2c(O)c1Cc1ccc(C(F)(F)F)c(F)c1. The summed E-state index contributed by atoms with van der Waals surface area (Å²) >= 11 is 0. The van der Waals surface area contributed by atoms with E-state index in [9.17, 15) is 22.7 Å². The number of rotatable bonds is 4. The van der Waals surface area contributed by atoms with Crippen LogP contribution in [0, 0.1) is 5.82 Å². The van der Waals surface area contributed by atoms with Gasteiger partial charge in [-0.3, -0.25) is 0 Å². The zero-order valence-corrected chi connectivity index (χ0v) is 13.3. The van der Waals surface area contributed by atoms with Gasteiger partial charge in [-0.2, -0.15) is 22.8 Å². The summed E-state index contributed by atoms with van der Waals surface area (Å²) in [5.41, 5.74) is 0.523. The van der Waals surface area contributed by atoms with Gasteiger partial charge in [-0.25, -0.2) is 9.37 Å². The van der Waals surface area contributed by atoms with Crippen LogP contribution in [0.3, 0.4) is 0 Å². The van der Waals surface area contributed by atoms with Gasteiger partial charge in [0, 0.05) is 18.1 Å². The standard InChI is InChI=1S/C17H15F4N3O/c1-2-3-14-11(16(25)24-15(23-14)6-7-22-24)8-10-4-5-12(13(18)9-10)17(19,20)21/h4-7,9,25H,2-3,8H2,1H3. The maximum atomic E-state index is 13.8. The van der Waals surface area contributed by atoms with Gasteiger partial charge in [0.2, 0.25) is 5.88 Å². The molecule has 0 radical (unpaired) electrons. The molecule has 0 saturated heterocycles. The van der Waals surface area contributed by atoms with Gasteiger partial charge in [0.05, 0.1) is 17.5 Å². The Kier molecular flexibility index (Phi) is 4.36. The molecule has 3 rings (SSSR count). The van der Waals surface area contributed by atoms with Crippen molar-refractivity contribution in [3.05, 3.63) is 58.7 Å². The van der Waals surface area contributed by atoms with Crippen LogP contribution in [0.5, 0.6) is 5.88 Å². The topological polar surface area (TPSA) is 50.4 Å². The van der Waals surface area contributed by atoms with Crippen LogP contribution in [0.4, 0.5) is 17.6 Å². The van der Waals surface area contributed by atoms with Crippen molar-refractivity contribution in [2.24, 2.45) is 0 Å². The van der Waals surface area contributed by atoms with Crippen LogP contribution in [-0.4, -0.2) is 19.7 Å². The predicted molar refractivity (Wildman–Crippen MR) is 82.9 cm³/mol. The second-order valence-corrected chi connectivity index (χ2v) is 5.70. The van der Waals surface area contributed by atoms with Gasteiger partial charge in [-0.1, -0.05) is 19.4 Å². The van der Waals surface area contributed by atoms with Crippen LogP contribution in [0.2, 0.25) is 0 Å². The summed E-state index contributed by atoms with van der Waals surface area (Å²) in [6, 6.07) is 4.39. The smallest absolute Gasteiger partial charge is 0.419 e. The summed E-state index contributed by atoms with van der Waals surface area (Å²) < 4.78 is 53.1. The Labute approximate surface area is 140 Å². The largest absolute Gasteiger partial charge is 0.493 e. The number of aryl methyl sites for hydroxylation is 1. The molecular formula is C17H15F4N3O. The fraction of sp³-hybridized carbons (Fsp3) is 0.294. The number of alkyl halides is 3. The zero-order valence-electron chi connectivity index (χ0n) is 13.3. The molecule has 25 heavy (non-hydrogen) atoms. The molecule has 0 bridgehead atoms. The third kappa shape index (κ3) is 3.29. The number of aromatic hydroxyl groups is 1. The van der Waals surface area contributed by atoms with Crippen molar-refractivity contribution in [3.63, 3.8) is 0 Å². The second-order valence-electron chi connectivity index (χ2n) is 5.70. The van der Waals surface area contributed by atoms with Crippen LogP contribution in [0.25, 0.3) is 5.65 Å². The predicted octanol–water partition coefficient (Wildman–Crippen LogP) is 4.14. The summed E-state index contributed by atoms with van der Waals surface area (Å²) in [5.74, 6) is -1.48. The molecule has 3 aromatic rings. The van der Waals surface area contributed by atoms with E-state index in [1.807, 2.05) is 6.92 Å². The van der Waals surface area contributed by atoms with E-state index in [0.717, 1.165) is 12.5 Å². The van der Waals surface area contributed by atoms with Crippen molar-refractivity contribution in [1.82, 2.24) is 14.6 Å². The van der Waals surface area contributed by atoms with Crippen LogP contribution in [0.15, 0.2) is 30.5 Å². The number of fused-ring (bicyclic) bond motifs is 1. The Morgan fingerprint density at radius 2 is 1.96 bits per heavy atom.